The predicted molar refractivity (Wildman–Crippen MR) is 74.8 cm³/mol. The van der Waals surface area contributed by atoms with Crippen molar-refractivity contribution in [2.24, 2.45) is 0 Å². The van der Waals surface area contributed by atoms with Crippen molar-refractivity contribution in [3.05, 3.63) is 28.6 Å². The Kier molecular flexibility index (Phi) is 3.50. The molecule has 100 valence electrons. The van der Waals surface area contributed by atoms with Crippen LogP contribution in [0.1, 0.15) is 25.0 Å². The van der Waals surface area contributed by atoms with E-state index in [-0.39, 0.29) is 5.91 Å². The summed E-state index contributed by atoms with van der Waals surface area (Å²) < 4.78 is 2.57. The van der Waals surface area contributed by atoms with Crippen LogP contribution in [0.3, 0.4) is 0 Å². The monoisotopic (exact) mass is 322 g/mol. The first kappa shape index (κ1) is 12.6. The van der Waals surface area contributed by atoms with Crippen molar-refractivity contribution in [2.45, 2.75) is 25.7 Å². The Morgan fingerprint density at radius 2 is 2.11 bits per heavy atom. The molecule has 0 bridgehead atoms. The molecule has 2 aromatic rings. The summed E-state index contributed by atoms with van der Waals surface area (Å²) in [6, 6.07) is 1.87. The summed E-state index contributed by atoms with van der Waals surface area (Å²) in [5.74, 6) is 0.169. The van der Waals surface area contributed by atoms with Gasteiger partial charge >= 0.3 is 0 Å². The van der Waals surface area contributed by atoms with Crippen LogP contribution in [0.15, 0.2) is 22.9 Å². The lowest BCUT2D eigenvalue weighted by Crippen LogP contribution is -2.36. The highest BCUT2D eigenvalue weighted by Gasteiger charge is 2.18. The topological polar surface area (TPSA) is 50.5 Å². The average Bonchev–Trinajstić information content (AvgIpc) is 2.81. The van der Waals surface area contributed by atoms with Crippen molar-refractivity contribution in [2.75, 3.05) is 13.1 Å². The minimum Gasteiger partial charge on any atom is -0.342 e. The number of likely N-dealkylation sites (tertiary alicyclic amines) is 1. The molecular formula is C13H15BrN4O. The highest BCUT2D eigenvalue weighted by atomic mass is 79.9. The first-order valence-electron chi connectivity index (χ1n) is 6.50. The minimum atomic E-state index is 0.169. The zero-order chi connectivity index (χ0) is 13.2. The maximum Gasteiger partial charge on any atom is 0.228 e. The van der Waals surface area contributed by atoms with E-state index in [0.29, 0.717) is 6.42 Å². The number of rotatable bonds is 2. The Labute approximate surface area is 119 Å². The molecule has 1 aliphatic rings. The van der Waals surface area contributed by atoms with Gasteiger partial charge in [0.05, 0.1) is 16.6 Å². The number of aromatic nitrogens is 3. The summed E-state index contributed by atoms with van der Waals surface area (Å²) >= 11 is 3.36. The van der Waals surface area contributed by atoms with Crippen molar-refractivity contribution < 1.29 is 4.79 Å². The molecular weight excluding hydrogens is 308 g/mol. The molecule has 1 fully saturated rings. The van der Waals surface area contributed by atoms with Crippen LogP contribution in [0.4, 0.5) is 0 Å². The van der Waals surface area contributed by atoms with Crippen molar-refractivity contribution >= 4 is 27.5 Å². The van der Waals surface area contributed by atoms with Gasteiger partial charge in [0, 0.05) is 31.5 Å². The summed E-state index contributed by atoms with van der Waals surface area (Å²) in [4.78, 5) is 18.3. The van der Waals surface area contributed by atoms with E-state index in [9.17, 15) is 4.79 Å². The van der Waals surface area contributed by atoms with Crippen LogP contribution in [-0.4, -0.2) is 38.5 Å². The van der Waals surface area contributed by atoms with E-state index in [1.807, 2.05) is 17.2 Å². The van der Waals surface area contributed by atoms with E-state index < -0.39 is 0 Å². The lowest BCUT2D eigenvalue weighted by Gasteiger charge is -2.26. The molecule has 0 radical (unpaired) electrons. The van der Waals surface area contributed by atoms with E-state index in [0.717, 1.165) is 41.7 Å². The van der Waals surface area contributed by atoms with E-state index >= 15 is 0 Å². The Balaban J connectivity index is 1.75. The highest BCUT2D eigenvalue weighted by molar-refractivity contribution is 9.10. The number of nitrogens with zero attached hydrogens (tertiary/aromatic N) is 4. The van der Waals surface area contributed by atoms with E-state index in [1.54, 1.807) is 10.7 Å². The lowest BCUT2D eigenvalue weighted by molar-refractivity contribution is -0.131. The number of fused-ring (bicyclic) bond motifs is 1. The van der Waals surface area contributed by atoms with Crippen LogP contribution in [-0.2, 0) is 11.2 Å². The van der Waals surface area contributed by atoms with Gasteiger partial charge in [0.1, 0.15) is 0 Å². The van der Waals surface area contributed by atoms with Gasteiger partial charge in [-0.05, 0) is 35.2 Å². The maximum atomic E-state index is 12.2. The molecule has 0 aliphatic carbocycles. The molecule has 5 nitrogen and oxygen atoms in total. The number of amides is 1. The summed E-state index contributed by atoms with van der Waals surface area (Å²) in [5.41, 5.74) is 1.55. The largest absolute Gasteiger partial charge is 0.342 e. The SMILES string of the molecule is O=C(Cc1cc2ncc(Br)cn2n1)N1CCCCC1. The Morgan fingerprint density at radius 3 is 2.89 bits per heavy atom. The number of piperidine rings is 1. The van der Waals surface area contributed by atoms with Gasteiger partial charge < -0.3 is 4.90 Å². The number of hydrogen-bond donors (Lipinski definition) is 0. The zero-order valence-electron chi connectivity index (χ0n) is 10.5. The molecule has 19 heavy (non-hydrogen) atoms. The number of carbonyl (C=O) groups excluding carboxylic acids is 1. The molecule has 1 saturated heterocycles. The Bertz CT molecular complexity index is 604. The molecule has 0 spiro atoms. The normalized spacial score (nSPS) is 15.9. The average molecular weight is 323 g/mol. The summed E-state index contributed by atoms with van der Waals surface area (Å²) in [7, 11) is 0. The molecule has 0 saturated carbocycles. The van der Waals surface area contributed by atoms with Crippen LogP contribution in [0.5, 0.6) is 0 Å². The van der Waals surface area contributed by atoms with Gasteiger partial charge in [-0.25, -0.2) is 9.50 Å². The van der Waals surface area contributed by atoms with Crippen LogP contribution >= 0.6 is 15.9 Å². The number of halogens is 1. The van der Waals surface area contributed by atoms with Crippen molar-refractivity contribution in [1.82, 2.24) is 19.5 Å². The Morgan fingerprint density at radius 1 is 1.32 bits per heavy atom. The van der Waals surface area contributed by atoms with Gasteiger partial charge in [-0.3, -0.25) is 4.79 Å². The summed E-state index contributed by atoms with van der Waals surface area (Å²) in [6.45, 7) is 1.77. The highest BCUT2D eigenvalue weighted by Crippen LogP contribution is 2.13. The quantitative estimate of drug-likeness (QED) is 0.850. The first-order chi connectivity index (χ1) is 9.22. The van der Waals surface area contributed by atoms with Gasteiger partial charge in [0.25, 0.3) is 0 Å². The fraction of sp³-hybridized carbons (Fsp3) is 0.462. The fourth-order valence-corrected chi connectivity index (χ4v) is 2.70. The van der Waals surface area contributed by atoms with E-state index in [4.69, 9.17) is 0 Å². The standard InChI is InChI=1S/C13H15BrN4O/c14-10-8-15-12-6-11(16-18(12)9-10)7-13(19)17-4-2-1-3-5-17/h6,8-9H,1-5,7H2. The van der Waals surface area contributed by atoms with E-state index in [2.05, 4.69) is 26.0 Å². The molecule has 0 unspecified atom stereocenters. The second-order valence-electron chi connectivity index (χ2n) is 4.83. The zero-order valence-corrected chi connectivity index (χ0v) is 12.1. The third kappa shape index (κ3) is 2.78. The summed E-state index contributed by atoms with van der Waals surface area (Å²) in [6.07, 6.45) is 7.40. The molecule has 3 heterocycles. The second-order valence-corrected chi connectivity index (χ2v) is 5.74. The van der Waals surface area contributed by atoms with Crippen LogP contribution in [0.2, 0.25) is 0 Å². The van der Waals surface area contributed by atoms with Crippen LogP contribution in [0.25, 0.3) is 5.65 Å². The molecule has 6 heteroatoms. The molecule has 1 aliphatic heterocycles. The van der Waals surface area contributed by atoms with Crippen molar-refractivity contribution in [3.63, 3.8) is 0 Å². The number of carbonyl (C=O) groups is 1. The third-order valence-corrected chi connectivity index (χ3v) is 3.78. The summed E-state index contributed by atoms with van der Waals surface area (Å²) in [5, 5.41) is 4.39. The predicted octanol–water partition coefficient (Wildman–Crippen LogP) is 2.05. The molecule has 0 aromatic carbocycles. The fourth-order valence-electron chi connectivity index (χ4n) is 2.40. The third-order valence-electron chi connectivity index (χ3n) is 3.37. The van der Waals surface area contributed by atoms with E-state index in [1.165, 1.54) is 6.42 Å². The molecule has 0 N–H and O–H groups in total. The van der Waals surface area contributed by atoms with Gasteiger partial charge in [0.15, 0.2) is 5.65 Å². The minimum absolute atomic E-state index is 0.169. The van der Waals surface area contributed by atoms with Gasteiger partial charge in [-0.1, -0.05) is 0 Å². The Hall–Kier alpha value is -1.43. The maximum absolute atomic E-state index is 12.2. The van der Waals surface area contributed by atoms with Crippen molar-refractivity contribution in [3.8, 4) is 0 Å². The smallest absolute Gasteiger partial charge is 0.228 e. The van der Waals surface area contributed by atoms with Gasteiger partial charge in [0.2, 0.25) is 5.91 Å². The molecule has 0 atom stereocenters. The second kappa shape index (κ2) is 5.28. The van der Waals surface area contributed by atoms with Crippen LogP contribution < -0.4 is 0 Å². The van der Waals surface area contributed by atoms with Gasteiger partial charge in [-0.15, -0.1) is 0 Å². The molecule has 2 aromatic heterocycles. The lowest BCUT2D eigenvalue weighted by atomic mass is 10.1. The van der Waals surface area contributed by atoms with Gasteiger partial charge in [-0.2, -0.15) is 5.10 Å². The first-order valence-corrected chi connectivity index (χ1v) is 7.29. The van der Waals surface area contributed by atoms with Crippen molar-refractivity contribution in [1.29, 1.82) is 0 Å². The molecule has 3 rings (SSSR count). The number of hydrogen-bond acceptors (Lipinski definition) is 3. The van der Waals surface area contributed by atoms with Crippen LogP contribution in [0, 0.1) is 0 Å². The molecule has 1 amide bonds.